The third-order valence-electron chi connectivity index (χ3n) is 3.57. The Morgan fingerprint density at radius 1 is 1.47 bits per heavy atom. The highest BCUT2D eigenvalue weighted by atomic mass is 35.5. The van der Waals surface area contributed by atoms with Crippen LogP contribution in [0.5, 0.6) is 0 Å². The van der Waals surface area contributed by atoms with Gasteiger partial charge in [-0.15, -0.1) is 0 Å². The molecule has 104 valence electrons. The zero-order chi connectivity index (χ0) is 13.8. The molecule has 2 rings (SSSR count). The van der Waals surface area contributed by atoms with Gasteiger partial charge in [0, 0.05) is 17.0 Å². The summed E-state index contributed by atoms with van der Waals surface area (Å²) in [6.45, 7) is 0. The van der Waals surface area contributed by atoms with E-state index >= 15 is 0 Å². The predicted octanol–water partition coefficient (Wildman–Crippen LogP) is 3.33. The largest absolute Gasteiger partial charge is 0.398 e. The zero-order valence-corrected chi connectivity index (χ0v) is 12.6. The number of halogens is 1. The molecule has 1 saturated carbocycles. The third-order valence-corrected chi connectivity index (χ3v) is 4.98. The first-order chi connectivity index (χ1) is 9.11. The van der Waals surface area contributed by atoms with Gasteiger partial charge in [0.15, 0.2) is 0 Å². The van der Waals surface area contributed by atoms with Crippen molar-refractivity contribution in [2.45, 2.75) is 37.0 Å². The summed E-state index contributed by atoms with van der Waals surface area (Å²) in [5.41, 5.74) is 6.66. The fourth-order valence-corrected chi connectivity index (χ4v) is 3.62. The van der Waals surface area contributed by atoms with E-state index in [2.05, 4.69) is 11.6 Å². The van der Waals surface area contributed by atoms with E-state index in [0.717, 1.165) is 19.3 Å². The average molecular weight is 299 g/mol. The van der Waals surface area contributed by atoms with Gasteiger partial charge in [0.25, 0.3) is 5.91 Å². The molecule has 2 unspecified atom stereocenters. The van der Waals surface area contributed by atoms with Crippen LogP contribution in [0, 0.1) is 0 Å². The average Bonchev–Trinajstić information content (AvgIpc) is 2.38. The Balaban J connectivity index is 2.05. The minimum absolute atomic E-state index is 0.158. The number of thioether (sulfide) groups is 1. The summed E-state index contributed by atoms with van der Waals surface area (Å²) < 4.78 is 0. The first kappa shape index (κ1) is 14.5. The second-order valence-electron chi connectivity index (χ2n) is 4.90. The van der Waals surface area contributed by atoms with Gasteiger partial charge in [-0.05, 0) is 37.7 Å². The number of nitrogens with two attached hydrogens (primary N) is 1. The van der Waals surface area contributed by atoms with Crippen molar-refractivity contribution in [2.24, 2.45) is 0 Å². The van der Waals surface area contributed by atoms with E-state index in [1.54, 1.807) is 18.2 Å². The minimum Gasteiger partial charge on any atom is -0.398 e. The summed E-state index contributed by atoms with van der Waals surface area (Å²) in [7, 11) is 0. The summed E-state index contributed by atoms with van der Waals surface area (Å²) in [5.74, 6) is -0.158. The van der Waals surface area contributed by atoms with Gasteiger partial charge in [-0.25, -0.2) is 0 Å². The van der Waals surface area contributed by atoms with Crippen LogP contribution in [0.2, 0.25) is 5.02 Å². The highest BCUT2D eigenvalue weighted by molar-refractivity contribution is 7.99. The first-order valence-corrected chi connectivity index (χ1v) is 8.16. The van der Waals surface area contributed by atoms with Gasteiger partial charge in [-0.2, -0.15) is 11.8 Å². The van der Waals surface area contributed by atoms with Crippen molar-refractivity contribution < 1.29 is 4.79 Å². The number of carbonyl (C=O) groups is 1. The maximum atomic E-state index is 12.3. The highest BCUT2D eigenvalue weighted by Gasteiger charge is 2.24. The Bertz CT molecular complexity index is 447. The Morgan fingerprint density at radius 2 is 2.26 bits per heavy atom. The Morgan fingerprint density at radius 3 is 2.95 bits per heavy atom. The van der Waals surface area contributed by atoms with Crippen molar-refractivity contribution in [1.29, 1.82) is 0 Å². The standard InChI is InChI=1S/C14H19ClN2OS/c1-19-10-5-2-4-9(8-10)17-14(18)13-11(15)6-3-7-12(13)16/h3,6-7,9-10H,2,4-5,8,16H2,1H3,(H,17,18). The number of nitrogen functional groups attached to an aromatic ring is 1. The quantitative estimate of drug-likeness (QED) is 0.842. The molecule has 19 heavy (non-hydrogen) atoms. The van der Waals surface area contributed by atoms with Crippen LogP contribution in [0.4, 0.5) is 5.69 Å². The summed E-state index contributed by atoms with van der Waals surface area (Å²) in [5, 5.41) is 4.12. The Hall–Kier alpha value is -0.870. The van der Waals surface area contributed by atoms with Gasteiger partial charge < -0.3 is 11.1 Å². The molecule has 0 saturated heterocycles. The number of rotatable bonds is 3. The molecule has 1 amide bonds. The summed E-state index contributed by atoms with van der Waals surface area (Å²) in [6.07, 6.45) is 6.58. The molecular formula is C14H19ClN2OS. The third kappa shape index (κ3) is 3.57. The molecule has 3 nitrogen and oxygen atoms in total. The number of benzene rings is 1. The van der Waals surface area contributed by atoms with Crippen molar-refractivity contribution in [1.82, 2.24) is 5.32 Å². The van der Waals surface area contributed by atoms with Crippen molar-refractivity contribution in [3.8, 4) is 0 Å². The van der Waals surface area contributed by atoms with Gasteiger partial charge in [0.05, 0.1) is 10.6 Å². The SMILES string of the molecule is CSC1CCCC(NC(=O)c2c(N)cccc2Cl)C1. The van der Waals surface area contributed by atoms with E-state index in [-0.39, 0.29) is 11.9 Å². The zero-order valence-electron chi connectivity index (χ0n) is 11.0. The lowest BCUT2D eigenvalue weighted by atomic mass is 9.94. The number of amides is 1. The van der Waals surface area contributed by atoms with Crippen LogP contribution in [-0.4, -0.2) is 23.5 Å². The molecule has 5 heteroatoms. The molecule has 1 aliphatic rings. The van der Waals surface area contributed by atoms with Gasteiger partial charge in [0.2, 0.25) is 0 Å². The highest BCUT2D eigenvalue weighted by Crippen LogP contribution is 2.28. The van der Waals surface area contributed by atoms with Crippen LogP contribution in [0.1, 0.15) is 36.0 Å². The van der Waals surface area contributed by atoms with E-state index in [4.69, 9.17) is 17.3 Å². The number of hydrogen-bond donors (Lipinski definition) is 2. The van der Waals surface area contributed by atoms with Crippen molar-refractivity contribution in [2.75, 3.05) is 12.0 Å². The molecule has 1 aromatic carbocycles. The van der Waals surface area contributed by atoms with Crippen LogP contribution in [-0.2, 0) is 0 Å². The fraction of sp³-hybridized carbons (Fsp3) is 0.500. The number of carbonyl (C=O) groups excluding carboxylic acids is 1. The van der Waals surface area contributed by atoms with Crippen LogP contribution in [0.15, 0.2) is 18.2 Å². The minimum atomic E-state index is -0.158. The number of nitrogens with one attached hydrogen (secondary N) is 1. The molecule has 3 N–H and O–H groups in total. The molecule has 1 aliphatic carbocycles. The van der Waals surface area contributed by atoms with E-state index in [9.17, 15) is 4.79 Å². The summed E-state index contributed by atoms with van der Waals surface area (Å²) in [6, 6.07) is 5.37. The first-order valence-electron chi connectivity index (χ1n) is 6.49. The van der Waals surface area contributed by atoms with E-state index < -0.39 is 0 Å². The molecule has 0 bridgehead atoms. The normalized spacial score (nSPS) is 23.1. The summed E-state index contributed by atoms with van der Waals surface area (Å²) >= 11 is 7.93. The van der Waals surface area contributed by atoms with Gasteiger partial charge in [0.1, 0.15) is 0 Å². The predicted molar refractivity (Wildman–Crippen MR) is 82.9 cm³/mol. The monoisotopic (exact) mass is 298 g/mol. The Kier molecular flexibility index (Phi) is 4.99. The molecule has 1 fully saturated rings. The van der Waals surface area contributed by atoms with Crippen molar-refractivity contribution in [3.05, 3.63) is 28.8 Å². The van der Waals surface area contributed by atoms with E-state index in [0.29, 0.717) is 21.5 Å². The second-order valence-corrected chi connectivity index (χ2v) is 6.44. The fourth-order valence-electron chi connectivity index (χ4n) is 2.53. The van der Waals surface area contributed by atoms with Crippen LogP contribution in [0.25, 0.3) is 0 Å². The molecule has 0 spiro atoms. The van der Waals surface area contributed by atoms with Crippen molar-refractivity contribution in [3.63, 3.8) is 0 Å². The lowest BCUT2D eigenvalue weighted by molar-refractivity contribution is 0.0929. The Labute approximate surface area is 123 Å². The molecule has 0 aromatic heterocycles. The van der Waals surface area contributed by atoms with Gasteiger partial charge in [-0.1, -0.05) is 24.1 Å². The van der Waals surface area contributed by atoms with Crippen LogP contribution < -0.4 is 11.1 Å². The topological polar surface area (TPSA) is 55.1 Å². The van der Waals surface area contributed by atoms with E-state index in [1.807, 2.05) is 11.8 Å². The maximum absolute atomic E-state index is 12.3. The molecule has 0 heterocycles. The summed E-state index contributed by atoms with van der Waals surface area (Å²) in [4.78, 5) is 12.3. The van der Waals surface area contributed by atoms with Crippen LogP contribution >= 0.6 is 23.4 Å². The van der Waals surface area contributed by atoms with Crippen molar-refractivity contribution >= 4 is 35.0 Å². The van der Waals surface area contributed by atoms with Gasteiger partial charge >= 0.3 is 0 Å². The number of hydrogen-bond acceptors (Lipinski definition) is 3. The lowest BCUT2D eigenvalue weighted by Crippen LogP contribution is -2.39. The lowest BCUT2D eigenvalue weighted by Gasteiger charge is -2.28. The molecule has 1 aromatic rings. The molecular weight excluding hydrogens is 280 g/mol. The molecule has 0 aliphatic heterocycles. The van der Waals surface area contributed by atoms with Gasteiger partial charge in [-0.3, -0.25) is 4.79 Å². The molecule has 2 atom stereocenters. The molecule has 0 radical (unpaired) electrons. The number of anilines is 1. The van der Waals surface area contributed by atoms with E-state index in [1.165, 1.54) is 6.42 Å². The second kappa shape index (κ2) is 6.53. The maximum Gasteiger partial charge on any atom is 0.255 e. The smallest absolute Gasteiger partial charge is 0.255 e. The van der Waals surface area contributed by atoms with Crippen LogP contribution in [0.3, 0.4) is 0 Å².